The molecule has 1 aromatic carbocycles. The van der Waals surface area contributed by atoms with Gasteiger partial charge in [0, 0.05) is 5.69 Å². The van der Waals surface area contributed by atoms with Crippen molar-refractivity contribution in [3.05, 3.63) is 35.8 Å². The Labute approximate surface area is 99.2 Å². The fraction of sp³-hybridized carbons (Fsp3) is 0.273. The number of para-hydroxylation sites is 1. The molecule has 1 nitrogen and oxygen atoms in total. The Bertz CT molecular complexity index is 338. The van der Waals surface area contributed by atoms with Crippen molar-refractivity contribution in [3.8, 4) is 0 Å². The quantitative estimate of drug-likeness (QED) is 0.511. The lowest BCUT2D eigenvalue weighted by Gasteiger charge is -2.19. The molecule has 0 saturated heterocycles. The predicted octanol–water partition coefficient (Wildman–Crippen LogP) is 3.48. The van der Waals surface area contributed by atoms with Gasteiger partial charge in [-0.05, 0) is 28.8 Å². The van der Waals surface area contributed by atoms with Gasteiger partial charge in [0.2, 0.25) is 0 Å². The highest BCUT2D eigenvalue weighted by Crippen LogP contribution is 2.22. The third-order valence-electron chi connectivity index (χ3n) is 2.46. The third kappa shape index (κ3) is 2.32. The SMILES string of the molecule is ICCCB1C=Cc2ccccc2N1. The van der Waals surface area contributed by atoms with Gasteiger partial charge in [0.05, 0.1) is 0 Å². The molecule has 0 spiro atoms. The van der Waals surface area contributed by atoms with E-state index in [0.717, 1.165) is 0 Å². The average molecular weight is 297 g/mol. The van der Waals surface area contributed by atoms with Crippen LogP contribution in [-0.2, 0) is 0 Å². The summed E-state index contributed by atoms with van der Waals surface area (Å²) in [6.07, 6.45) is 4.74. The zero-order chi connectivity index (χ0) is 9.80. The molecule has 0 aliphatic carbocycles. The first-order valence-electron chi connectivity index (χ1n) is 5.00. The highest BCUT2D eigenvalue weighted by atomic mass is 127. The molecule has 14 heavy (non-hydrogen) atoms. The largest absolute Gasteiger partial charge is 0.424 e. The van der Waals surface area contributed by atoms with Crippen molar-refractivity contribution in [2.75, 3.05) is 9.66 Å². The number of nitrogens with one attached hydrogen (secondary N) is 1. The van der Waals surface area contributed by atoms with Gasteiger partial charge in [-0.1, -0.05) is 52.8 Å². The lowest BCUT2D eigenvalue weighted by Crippen LogP contribution is -2.25. The van der Waals surface area contributed by atoms with E-state index in [1.165, 1.54) is 28.4 Å². The Morgan fingerprint density at radius 1 is 1.29 bits per heavy atom. The first-order chi connectivity index (χ1) is 6.90. The van der Waals surface area contributed by atoms with Crippen molar-refractivity contribution in [3.63, 3.8) is 0 Å². The average Bonchev–Trinajstić information content (AvgIpc) is 2.26. The summed E-state index contributed by atoms with van der Waals surface area (Å²) in [6.45, 7) is 0.527. The summed E-state index contributed by atoms with van der Waals surface area (Å²) in [6, 6.07) is 8.46. The van der Waals surface area contributed by atoms with Gasteiger partial charge < -0.3 is 5.23 Å². The molecule has 0 bridgehead atoms. The van der Waals surface area contributed by atoms with Crippen molar-refractivity contribution < 1.29 is 0 Å². The van der Waals surface area contributed by atoms with Crippen molar-refractivity contribution in [2.45, 2.75) is 12.7 Å². The number of hydrogen-bond donors (Lipinski definition) is 1. The van der Waals surface area contributed by atoms with Crippen LogP contribution in [-0.4, -0.2) is 11.3 Å². The summed E-state index contributed by atoms with van der Waals surface area (Å²) in [5.74, 6) is 2.27. The van der Waals surface area contributed by atoms with Crippen LogP contribution in [0.4, 0.5) is 5.69 Å². The molecule has 3 heteroatoms. The predicted molar refractivity (Wildman–Crippen MR) is 73.2 cm³/mol. The third-order valence-corrected chi connectivity index (χ3v) is 3.22. The van der Waals surface area contributed by atoms with Gasteiger partial charge in [0.1, 0.15) is 0 Å². The second-order valence-corrected chi connectivity index (χ2v) is 4.61. The highest BCUT2D eigenvalue weighted by molar-refractivity contribution is 14.1. The van der Waals surface area contributed by atoms with Crippen LogP contribution in [0.2, 0.25) is 6.32 Å². The van der Waals surface area contributed by atoms with Crippen LogP contribution in [0.15, 0.2) is 30.2 Å². The van der Waals surface area contributed by atoms with Crippen molar-refractivity contribution in [1.82, 2.24) is 0 Å². The molecule has 72 valence electrons. The Balaban J connectivity index is 2.06. The van der Waals surface area contributed by atoms with Crippen LogP contribution in [0.1, 0.15) is 12.0 Å². The van der Waals surface area contributed by atoms with Crippen molar-refractivity contribution in [1.29, 1.82) is 0 Å². The summed E-state index contributed by atoms with van der Waals surface area (Å²) in [5, 5.41) is 3.54. The van der Waals surface area contributed by atoms with E-state index in [1.54, 1.807) is 0 Å². The molecule has 0 amide bonds. The molecule has 1 aromatic rings. The van der Waals surface area contributed by atoms with Crippen molar-refractivity contribution in [2.24, 2.45) is 0 Å². The van der Waals surface area contributed by atoms with E-state index >= 15 is 0 Å². The molecular weight excluding hydrogens is 284 g/mol. The van der Waals surface area contributed by atoms with Crippen LogP contribution in [0.3, 0.4) is 0 Å². The second-order valence-electron chi connectivity index (χ2n) is 3.53. The summed E-state index contributed by atoms with van der Waals surface area (Å²) < 4.78 is 1.24. The smallest absolute Gasteiger partial charge is 0.278 e. The molecule has 0 fully saturated rings. The topological polar surface area (TPSA) is 12.0 Å². The van der Waals surface area contributed by atoms with E-state index in [-0.39, 0.29) is 0 Å². The van der Waals surface area contributed by atoms with E-state index in [4.69, 9.17) is 0 Å². The molecule has 1 heterocycles. The Kier molecular flexibility index (Phi) is 3.51. The standard InChI is InChI=1S/C11H13BIN/c13-9-3-7-12-8-6-10-4-1-2-5-11(10)14-12/h1-2,4-6,8,14H,3,7,9H2. The fourth-order valence-electron chi connectivity index (χ4n) is 1.71. The zero-order valence-electron chi connectivity index (χ0n) is 8.04. The maximum absolute atomic E-state index is 3.54. The van der Waals surface area contributed by atoms with Gasteiger partial charge in [-0.25, -0.2) is 0 Å². The van der Waals surface area contributed by atoms with Gasteiger partial charge in [-0.3, -0.25) is 0 Å². The van der Waals surface area contributed by atoms with E-state index < -0.39 is 0 Å². The van der Waals surface area contributed by atoms with Gasteiger partial charge in [0.15, 0.2) is 0 Å². The van der Waals surface area contributed by atoms with Crippen molar-refractivity contribution >= 4 is 41.2 Å². The Morgan fingerprint density at radius 3 is 3.00 bits per heavy atom. The molecule has 2 rings (SSSR count). The van der Waals surface area contributed by atoms with Crippen LogP contribution in [0.5, 0.6) is 0 Å². The molecular formula is C11H13BIN. The molecule has 1 N–H and O–H groups in total. The summed E-state index contributed by atoms with van der Waals surface area (Å²) in [5.41, 5.74) is 2.58. The minimum atomic E-state index is 0.527. The zero-order valence-corrected chi connectivity index (χ0v) is 10.2. The first-order valence-corrected chi connectivity index (χ1v) is 6.52. The van der Waals surface area contributed by atoms with Crippen LogP contribution < -0.4 is 5.23 Å². The van der Waals surface area contributed by atoms with Gasteiger partial charge >= 0.3 is 0 Å². The van der Waals surface area contributed by atoms with Crippen LogP contribution >= 0.6 is 22.6 Å². The van der Waals surface area contributed by atoms with E-state index in [9.17, 15) is 0 Å². The minimum absolute atomic E-state index is 0.527. The number of alkyl halides is 1. The number of rotatable bonds is 3. The molecule has 0 unspecified atom stereocenters. The Hall–Kier alpha value is -0.445. The monoisotopic (exact) mass is 297 g/mol. The maximum Gasteiger partial charge on any atom is 0.278 e. The van der Waals surface area contributed by atoms with E-state index in [2.05, 4.69) is 64.1 Å². The number of halogens is 1. The van der Waals surface area contributed by atoms with Gasteiger partial charge in [-0.15, -0.1) is 0 Å². The number of benzene rings is 1. The number of fused-ring (bicyclic) bond motifs is 1. The maximum atomic E-state index is 3.54. The lowest BCUT2D eigenvalue weighted by atomic mass is 9.57. The molecule has 0 aromatic heterocycles. The highest BCUT2D eigenvalue weighted by Gasteiger charge is 2.15. The normalized spacial score (nSPS) is 13.6. The Morgan fingerprint density at radius 2 is 2.14 bits per heavy atom. The van der Waals surface area contributed by atoms with Gasteiger partial charge in [-0.2, -0.15) is 0 Å². The van der Waals surface area contributed by atoms with E-state index in [0.29, 0.717) is 6.85 Å². The molecule has 1 aliphatic heterocycles. The minimum Gasteiger partial charge on any atom is -0.424 e. The fourth-order valence-corrected chi connectivity index (χ4v) is 2.15. The van der Waals surface area contributed by atoms with Crippen LogP contribution in [0.25, 0.3) is 6.08 Å². The first kappa shape index (κ1) is 10.1. The van der Waals surface area contributed by atoms with Gasteiger partial charge in [0.25, 0.3) is 6.85 Å². The summed E-state index contributed by atoms with van der Waals surface area (Å²) in [4.78, 5) is 0. The molecule has 0 radical (unpaired) electrons. The molecule has 0 atom stereocenters. The lowest BCUT2D eigenvalue weighted by molar-refractivity contribution is 1.10. The summed E-state index contributed by atoms with van der Waals surface area (Å²) >= 11 is 2.43. The number of anilines is 1. The second kappa shape index (κ2) is 4.87. The molecule has 0 saturated carbocycles. The number of hydrogen-bond acceptors (Lipinski definition) is 1. The molecule has 1 aliphatic rings. The summed E-state index contributed by atoms with van der Waals surface area (Å²) in [7, 11) is 0. The van der Waals surface area contributed by atoms with Crippen LogP contribution in [0, 0.1) is 0 Å². The van der Waals surface area contributed by atoms with E-state index in [1.807, 2.05) is 0 Å².